The first-order valence-electron chi connectivity index (χ1n) is 5.43. The summed E-state index contributed by atoms with van der Waals surface area (Å²) in [6.07, 6.45) is 6.20. The number of carboxylic acids is 1. The van der Waals surface area contributed by atoms with Crippen molar-refractivity contribution in [3.8, 4) is 0 Å². The van der Waals surface area contributed by atoms with Crippen LogP contribution in [0.2, 0.25) is 0 Å². The summed E-state index contributed by atoms with van der Waals surface area (Å²) in [7, 11) is 0. The molecule has 0 aromatic carbocycles. The van der Waals surface area contributed by atoms with Crippen molar-refractivity contribution in [2.75, 3.05) is 0 Å². The summed E-state index contributed by atoms with van der Waals surface area (Å²) in [6, 6.07) is 0. The van der Waals surface area contributed by atoms with Crippen LogP contribution >= 0.6 is 0 Å². The molecule has 0 aromatic heterocycles. The summed E-state index contributed by atoms with van der Waals surface area (Å²) in [5.41, 5.74) is 0. The van der Waals surface area contributed by atoms with Crippen LogP contribution in [0.3, 0.4) is 0 Å². The monoisotopic (exact) mass is 182 g/mol. The predicted octanol–water partition coefficient (Wildman–Crippen LogP) is 2.53. The van der Waals surface area contributed by atoms with Crippen molar-refractivity contribution in [1.29, 1.82) is 0 Å². The van der Waals surface area contributed by atoms with Crippen LogP contribution < -0.4 is 0 Å². The van der Waals surface area contributed by atoms with Gasteiger partial charge in [-0.3, -0.25) is 4.79 Å². The Kier molecular flexibility index (Phi) is 2.31. The molecule has 0 radical (unpaired) electrons. The number of rotatable bonds is 2. The Labute approximate surface area is 79.3 Å². The third-order valence-corrected chi connectivity index (χ3v) is 3.88. The Bertz CT molecular complexity index is 212. The van der Waals surface area contributed by atoms with Crippen molar-refractivity contribution in [2.45, 2.75) is 39.0 Å². The fourth-order valence-corrected chi connectivity index (χ4v) is 2.95. The van der Waals surface area contributed by atoms with Gasteiger partial charge in [-0.05, 0) is 30.6 Å². The minimum Gasteiger partial charge on any atom is -0.481 e. The van der Waals surface area contributed by atoms with Gasteiger partial charge in [0, 0.05) is 0 Å². The number of carboxylic acid groups (broad SMARTS) is 1. The maximum Gasteiger partial charge on any atom is 0.306 e. The maximum atomic E-state index is 10.7. The summed E-state index contributed by atoms with van der Waals surface area (Å²) in [5, 5.41) is 8.84. The van der Waals surface area contributed by atoms with Gasteiger partial charge >= 0.3 is 5.97 Å². The zero-order chi connectivity index (χ0) is 9.42. The first-order valence-corrected chi connectivity index (χ1v) is 5.43. The van der Waals surface area contributed by atoms with Crippen LogP contribution in [-0.4, -0.2) is 11.1 Å². The van der Waals surface area contributed by atoms with E-state index in [0.29, 0.717) is 5.92 Å². The van der Waals surface area contributed by atoms with Crippen LogP contribution in [0.15, 0.2) is 0 Å². The summed E-state index contributed by atoms with van der Waals surface area (Å²) >= 11 is 0. The van der Waals surface area contributed by atoms with Gasteiger partial charge in [0.25, 0.3) is 0 Å². The van der Waals surface area contributed by atoms with Gasteiger partial charge < -0.3 is 5.11 Å². The summed E-state index contributed by atoms with van der Waals surface area (Å²) in [4.78, 5) is 10.7. The van der Waals surface area contributed by atoms with Crippen LogP contribution in [0.5, 0.6) is 0 Å². The average Bonchev–Trinajstić information content (AvgIpc) is 2.84. The molecule has 2 aliphatic carbocycles. The molecular weight excluding hydrogens is 164 g/mol. The zero-order valence-electron chi connectivity index (χ0n) is 8.20. The minimum atomic E-state index is -0.567. The number of carbonyl (C=O) groups is 1. The topological polar surface area (TPSA) is 37.3 Å². The summed E-state index contributed by atoms with van der Waals surface area (Å²) in [5.74, 6) is 1.44. The van der Waals surface area contributed by atoms with E-state index in [2.05, 4.69) is 6.92 Å². The molecule has 0 bridgehead atoms. The molecule has 2 nitrogen and oxygen atoms in total. The standard InChI is InChI=1S/C11H18O2/c1-7-4-2-3-5-8(7)9-6-10(9)11(12)13/h7-10H,2-6H2,1H3,(H,12,13). The van der Waals surface area contributed by atoms with Crippen LogP contribution in [-0.2, 0) is 4.79 Å². The molecule has 2 rings (SSSR count). The van der Waals surface area contributed by atoms with Gasteiger partial charge in [-0.2, -0.15) is 0 Å². The van der Waals surface area contributed by atoms with Gasteiger partial charge in [0.2, 0.25) is 0 Å². The van der Waals surface area contributed by atoms with Gasteiger partial charge in [-0.1, -0.05) is 26.2 Å². The zero-order valence-corrected chi connectivity index (χ0v) is 8.20. The highest BCUT2D eigenvalue weighted by Gasteiger charge is 2.49. The lowest BCUT2D eigenvalue weighted by Crippen LogP contribution is -2.20. The summed E-state index contributed by atoms with van der Waals surface area (Å²) < 4.78 is 0. The Morgan fingerprint density at radius 1 is 1.23 bits per heavy atom. The van der Waals surface area contributed by atoms with E-state index >= 15 is 0 Å². The number of hydrogen-bond donors (Lipinski definition) is 1. The lowest BCUT2D eigenvalue weighted by atomic mass is 9.77. The van der Waals surface area contributed by atoms with E-state index in [9.17, 15) is 4.79 Å². The molecule has 0 saturated heterocycles. The fraction of sp³-hybridized carbons (Fsp3) is 0.909. The van der Waals surface area contributed by atoms with Crippen molar-refractivity contribution in [3.63, 3.8) is 0 Å². The molecule has 0 aliphatic heterocycles. The van der Waals surface area contributed by atoms with Crippen molar-refractivity contribution >= 4 is 5.97 Å². The quantitative estimate of drug-likeness (QED) is 0.712. The molecular formula is C11H18O2. The molecule has 0 heterocycles. The molecule has 1 N–H and O–H groups in total. The van der Waals surface area contributed by atoms with E-state index in [1.807, 2.05) is 0 Å². The van der Waals surface area contributed by atoms with Gasteiger partial charge in [-0.25, -0.2) is 0 Å². The molecule has 2 saturated carbocycles. The maximum absolute atomic E-state index is 10.7. The van der Waals surface area contributed by atoms with Gasteiger partial charge in [0.1, 0.15) is 0 Å². The van der Waals surface area contributed by atoms with Crippen LogP contribution in [0.25, 0.3) is 0 Å². The fourth-order valence-electron chi connectivity index (χ4n) is 2.95. The van der Waals surface area contributed by atoms with Crippen LogP contribution in [0.1, 0.15) is 39.0 Å². The highest BCUT2D eigenvalue weighted by atomic mass is 16.4. The molecule has 4 unspecified atom stereocenters. The third kappa shape index (κ3) is 1.72. The Morgan fingerprint density at radius 3 is 2.46 bits per heavy atom. The second kappa shape index (κ2) is 3.32. The number of aliphatic carboxylic acids is 1. The molecule has 13 heavy (non-hydrogen) atoms. The largest absolute Gasteiger partial charge is 0.481 e. The normalized spacial score (nSPS) is 44.4. The molecule has 4 atom stereocenters. The first kappa shape index (κ1) is 9.04. The smallest absolute Gasteiger partial charge is 0.306 e. The van der Waals surface area contributed by atoms with E-state index in [1.165, 1.54) is 25.7 Å². The number of hydrogen-bond acceptors (Lipinski definition) is 1. The molecule has 0 aromatic rings. The Balaban J connectivity index is 1.91. The highest BCUT2D eigenvalue weighted by molar-refractivity contribution is 5.73. The van der Waals surface area contributed by atoms with Crippen LogP contribution in [0.4, 0.5) is 0 Å². The van der Waals surface area contributed by atoms with Gasteiger partial charge in [-0.15, -0.1) is 0 Å². The summed E-state index contributed by atoms with van der Waals surface area (Å²) in [6.45, 7) is 2.29. The van der Waals surface area contributed by atoms with E-state index < -0.39 is 5.97 Å². The van der Waals surface area contributed by atoms with Crippen molar-refractivity contribution in [2.24, 2.45) is 23.7 Å². The predicted molar refractivity (Wildman–Crippen MR) is 50.4 cm³/mol. The first-order chi connectivity index (χ1) is 6.20. The second-order valence-electron chi connectivity index (χ2n) is 4.77. The van der Waals surface area contributed by atoms with E-state index in [0.717, 1.165) is 18.3 Å². The molecule has 2 aliphatic rings. The molecule has 0 spiro atoms. The van der Waals surface area contributed by atoms with Crippen molar-refractivity contribution in [3.05, 3.63) is 0 Å². The van der Waals surface area contributed by atoms with Crippen molar-refractivity contribution in [1.82, 2.24) is 0 Å². The lowest BCUT2D eigenvalue weighted by Gasteiger charge is -2.28. The van der Waals surface area contributed by atoms with Crippen molar-refractivity contribution < 1.29 is 9.90 Å². The Hall–Kier alpha value is -0.530. The minimum absolute atomic E-state index is 0.00514. The van der Waals surface area contributed by atoms with E-state index in [4.69, 9.17) is 5.11 Å². The third-order valence-electron chi connectivity index (χ3n) is 3.88. The molecule has 2 fully saturated rings. The average molecular weight is 182 g/mol. The SMILES string of the molecule is CC1CCCCC1C1CC1C(=O)O. The highest BCUT2D eigenvalue weighted by Crippen LogP contribution is 2.51. The van der Waals surface area contributed by atoms with E-state index in [-0.39, 0.29) is 5.92 Å². The second-order valence-corrected chi connectivity index (χ2v) is 4.77. The Morgan fingerprint density at radius 2 is 1.92 bits per heavy atom. The van der Waals surface area contributed by atoms with E-state index in [1.54, 1.807) is 0 Å². The molecule has 0 amide bonds. The molecule has 74 valence electrons. The van der Waals surface area contributed by atoms with Gasteiger partial charge in [0.15, 0.2) is 0 Å². The van der Waals surface area contributed by atoms with Crippen LogP contribution in [0, 0.1) is 23.7 Å². The lowest BCUT2D eigenvalue weighted by molar-refractivity contribution is -0.139. The van der Waals surface area contributed by atoms with Gasteiger partial charge in [0.05, 0.1) is 5.92 Å². The molecule has 2 heteroatoms.